The Labute approximate surface area is 166 Å². The van der Waals surface area contributed by atoms with Gasteiger partial charge in [0.2, 0.25) is 0 Å². The second-order valence-corrected chi connectivity index (χ2v) is 9.45. The molecule has 0 atom stereocenters. The molecule has 2 aromatic carbocycles. The molecule has 4 aromatic rings. The van der Waals surface area contributed by atoms with Crippen molar-refractivity contribution in [2.75, 3.05) is 0 Å². The molecule has 142 valence electrons. The summed E-state index contributed by atoms with van der Waals surface area (Å²) in [7, 11) is 0. The summed E-state index contributed by atoms with van der Waals surface area (Å²) < 4.78 is 0. The fourth-order valence-electron chi connectivity index (χ4n) is 3.33. The average Bonchev–Trinajstić information content (AvgIpc) is 2.65. The number of fused-ring (bicyclic) bond motifs is 2. The van der Waals surface area contributed by atoms with Gasteiger partial charge in [-0.3, -0.25) is 0 Å². The van der Waals surface area contributed by atoms with Crippen LogP contribution in [0.25, 0.3) is 33.2 Å². The smallest absolute Gasteiger partial charge is 0.160 e. The van der Waals surface area contributed by atoms with Crippen LogP contribution >= 0.6 is 0 Å². The zero-order chi connectivity index (χ0) is 20.1. The lowest BCUT2D eigenvalue weighted by Crippen LogP contribution is -2.11. The number of rotatable bonds is 1. The molecule has 4 heteroatoms. The van der Waals surface area contributed by atoms with Gasteiger partial charge in [-0.25, -0.2) is 19.9 Å². The molecule has 0 radical (unpaired) electrons. The van der Waals surface area contributed by atoms with E-state index in [9.17, 15) is 0 Å². The van der Waals surface area contributed by atoms with Crippen LogP contribution in [0.1, 0.15) is 52.7 Å². The molecular formula is C24H26N4. The predicted octanol–water partition coefficient (Wildman–Crippen LogP) is 5.84. The first kappa shape index (κ1) is 18.5. The Balaban J connectivity index is 1.93. The van der Waals surface area contributed by atoms with E-state index in [1.807, 2.05) is 12.4 Å². The summed E-state index contributed by atoms with van der Waals surface area (Å²) in [6.07, 6.45) is 5.36. The summed E-state index contributed by atoms with van der Waals surface area (Å²) in [5.41, 5.74) is 5.44. The van der Waals surface area contributed by atoms with Crippen molar-refractivity contribution < 1.29 is 0 Å². The van der Waals surface area contributed by atoms with Crippen molar-refractivity contribution in [3.8, 4) is 11.4 Å². The van der Waals surface area contributed by atoms with Crippen molar-refractivity contribution >= 4 is 21.8 Å². The van der Waals surface area contributed by atoms with Gasteiger partial charge < -0.3 is 0 Å². The van der Waals surface area contributed by atoms with Crippen LogP contribution in [0.15, 0.2) is 49.1 Å². The summed E-state index contributed by atoms with van der Waals surface area (Å²) in [6, 6.07) is 10.7. The molecule has 4 rings (SSSR count). The molecule has 0 spiro atoms. The molecule has 0 saturated heterocycles. The van der Waals surface area contributed by atoms with Gasteiger partial charge in [-0.2, -0.15) is 0 Å². The minimum Gasteiger partial charge on any atom is -0.244 e. The van der Waals surface area contributed by atoms with E-state index in [0.717, 1.165) is 27.4 Å². The molecule has 0 aliphatic carbocycles. The van der Waals surface area contributed by atoms with E-state index < -0.39 is 0 Å². The van der Waals surface area contributed by atoms with Crippen LogP contribution in [0.5, 0.6) is 0 Å². The quantitative estimate of drug-likeness (QED) is 0.423. The van der Waals surface area contributed by atoms with Crippen LogP contribution in [-0.4, -0.2) is 19.9 Å². The molecule has 0 aliphatic heterocycles. The molecule has 0 aliphatic rings. The van der Waals surface area contributed by atoms with E-state index in [0.29, 0.717) is 5.82 Å². The molecule has 2 heterocycles. The van der Waals surface area contributed by atoms with Crippen molar-refractivity contribution in [3.63, 3.8) is 0 Å². The zero-order valence-electron chi connectivity index (χ0n) is 17.4. The predicted molar refractivity (Wildman–Crippen MR) is 115 cm³/mol. The van der Waals surface area contributed by atoms with Crippen molar-refractivity contribution in [2.24, 2.45) is 0 Å². The lowest BCUT2D eigenvalue weighted by atomic mass is 9.85. The van der Waals surface area contributed by atoms with Crippen LogP contribution in [0.2, 0.25) is 0 Å². The Kier molecular flexibility index (Phi) is 4.18. The van der Waals surface area contributed by atoms with E-state index in [1.165, 1.54) is 11.1 Å². The molecule has 28 heavy (non-hydrogen) atoms. The second-order valence-electron chi connectivity index (χ2n) is 9.45. The summed E-state index contributed by atoms with van der Waals surface area (Å²) in [6.45, 7) is 13.3. The Hall–Kier alpha value is -2.88. The molecule has 0 amide bonds. The number of aromatic nitrogens is 4. The minimum atomic E-state index is 0.00630. The van der Waals surface area contributed by atoms with E-state index in [1.54, 1.807) is 6.33 Å². The van der Waals surface area contributed by atoms with Crippen molar-refractivity contribution in [2.45, 2.75) is 52.4 Å². The molecule has 0 unspecified atom stereocenters. The van der Waals surface area contributed by atoms with Gasteiger partial charge in [-0.1, -0.05) is 47.6 Å². The largest absolute Gasteiger partial charge is 0.244 e. The van der Waals surface area contributed by atoms with Gasteiger partial charge in [-0.05, 0) is 46.2 Å². The zero-order valence-corrected chi connectivity index (χ0v) is 17.4. The van der Waals surface area contributed by atoms with E-state index >= 15 is 0 Å². The highest BCUT2D eigenvalue weighted by Gasteiger charge is 2.19. The summed E-state index contributed by atoms with van der Waals surface area (Å²) >= 11 is 0. The topological polar surface area (TPSA) is 51.6 Å². The SMILES string of the molecule is CC(C)(C)c1ccc2nc(-c3cc(C(C)(C)C)cc4ncncc34)ncc2c1. The summed E-state index contributed by atoms with van der Waals surface area (Å²) in [5.74, 6) is 0.710. The third kappa shape index (κ3) is 3.35. The highest BCUT2D eigenvalue weighted by Crippen LogP contribution is 2.33. The fraction of sp³-hybridized carbons (Fsp3) is 0.333. The Morgan fingerprint density at radius 3 is 2.18 bits per heavy atom. The van der Waals surface area contributed by atoms with Gasteiger partial charge in [0.05, 0.1) is 11.0 Å². The second kappa shape index (κ2) is 6.33. The first-order valence-electron chi connectivity index (χ1n) is 9.65. The third-order valence-corrected chi connectivity index (χ3v) is 5.18. The molecule has 0 bridgehead atoms. The molecule has 0 fully saturated rings. The van der Waals surface area contributed by atoms with E-state index in [-0.39, 0.29) is 10.8 Å². The maximum atomic E-state index is 4.88. The van der Waals surface area contributed by atoms with E-state index in [4.69, 9.17) is 9.97 Å². The normalized spacial score (nSPS) is 12.6. The van der Waals surface area contributed by atoms with Crippen LogP contribution in [-0.2, 0) is 10.8 Å². The van der Waals surface area contributed by atoms with Crippen LogP contribution in [0.4, 0.5) is 0 Å². The molecule has 0 N–H and O–H groups in total. The molecule has 2 aromatic heterocycles. The Bertz CT molecular complexity index is 1180. The number of benzene rings is 2. The van der Waals surface area contributed by atoms with Crippen molar-refractivity contribution in [1.82, 2.24) is 19.9 Å². The number of hydrogen-bond acceptors (Lipinski definition) is 4. The van der Waals surface area contributed by atoms with Gasteiger partial charge >= 0.3 is 0 Å². The van der Waals surface area contributed by atoms with Crippen LogP contribution < -0.4 is 0 Å². The lowest BCUT2D eigenvalue weighted by Gasteiger charge is -2.21. The average molecular weight is 371 g/mol. The van der Waals surface area contributed by atoms with Crippen molar-refractivity contribution in [3.05, 3.63) is 60.2 Å². The lowest BCUT2D eigenvalue weighted by molar-refractivity contribution is 0.591. The Morgan fingerprint density at radius 1 is 0.714 bits per heavy atom. The minimum absolute atomic E-state index is 0.00630. The number of nitrogens with zero attached hydrogens (tertiary/aromatic N) is 4. The standard InChI is InChI=1S/C24H26N4/c1-23(2,3)16-7-8-20-15(9-16)12-26-22(28-20)18-10-17(24(4,5)6)11-21-19(18)13-25-14-27-21/h7-14H,1-6H3. The maximum Gasteiger partial charge on any atom is 0.160 e. The van der Waals surface area contributed by atoms with Gasteiger partial charge in [0, 0.05) is 28.7 Å². The first-order valence-corrected chi connectivity index (χ1v) is 9.65. The van der Waals surface area contributed by atoms with Gasteiger partial charge in [0.15, 0.2) is 5.82 Å². The third-order valence-electron chi connectivity index (χ3n) is 5.18. The van der Waals surface area contributed by atoms with Crippen LogP contribution in [0, 0.1) is 0 Å². The van der Waals surface area contributed by atoms with Gasteiger partial charge in [0.1, 0.15) is 6.33 Å². The molecular weight excluding hydrogens is 344 g/mol. The summed E-state index contributed by atoms with van der Waals surface area (Å²) in [4.78, 5) is 18.3. The Morgan fingerprint density at radius 2 is 1.46 bits per heavy atom. The maximum absolute atomic E-state index is 4.88. The van der Waals surface area contributed by atoms with Crippen LogP contribution in [0.3, 0.4) is 0 Å². The van der Waals surface area contributed by atoms with Gasteiger partial charge in [0.25, 0.3) is 0 Å². The summed E-state index contributed by atoms with van der Waals surface area (Å²) in [5, 5.41) is 2.03. The van der Waals surface area contributed by atoms with E-state index in [2.05, 4.69) is 81.8 Å². The highest BCUT2D eigenvalue weighted by atomic mass is 14.9. The first-order chi connectivity index (χ1) is 13.1. The number of hydrogen-bond donors (Lipinski definition) is 0. The molecule has 4 nitrogen and oxygen atoms in total. The monoisotopic (exact) mass is 370 g/mol. The van der Waals surface area contributed by atoms with Gasteiger partial charge in [-0.15, -0.1) is 0 Å². The highest BCUT2D eigenvalue weighted by molar-refractivity contribution is 5.94. The van der Waals surface area contributed by atoms with Crippen molar-refractivity contribution in [1.29, 1.82) is 0 Å². The fourth-order valence-corrected chi connectivity index (χ4v) is 3.33. The molecule has 0 saturated carbocycles.